The Morgan fingerprint density at radius 2 is 1.90 bits per heavy atom. The summed E-state index contributed by atoms with van der Waals surface area (Å²) in [5.74, 6) is 0.596. The van der Waals surface area contributed by atoms with E-state index in [2.05, 4.69) is 31.5 Å². The minimum absolute atomic E-state index is 0.366. The maximum absolute atomic E-state index is 13.5. The van der Waals surface area contributed by atoms with E-state index in [1.54, 1.807) is 18.2 Å². The maximum atomic E-state index is 13.5. The van der Waals surface area contributed by atoms with Crippen LogP contribution < -0.4 is 10.6 Å². The van der Waals surface area contributed by atoms with Crippen molar-refractivity contribution >= 4 is 56.5 Å². The van der Waals surface area contributed by atoms with Crippen LogP contribution >= 0.6 is 39.1 Å². The summed E-state index contributed by atoms with van der Waals surface area (Å²) in [4.78, 5) is 4.34. The molecule has 3 nitrogen and oxygen atoms in total. The third-order valence-electron chi connectivity index (χ3n) is 2.65. The highest BCUT2D eigenvalue weighted by Gasteiger charge is 2.10. The lowest BCUT2D eigenvalue weighted by Gasteiger charge is -2.12. The van der Waals surface area contributed by atoms with E-state index in [9.17, 15) is 4.39 Å². The molecule has 2 aromatic rings. The van der Waals surface area contributed by atoms with Gasteiger partial charge in [0.1, 0.15) is 11.6 Å². The summed E-state index contributed by atoms with van der Waals surface area (Å²) >= 11 is 15.3. The molecule has 0 atom stereocenters. The van der Waals surface area contributed by atoms with E-state index < -0.39 is 0 Å². The normalized spacial score (nSPS) is 10.5. The van der Waals surface area contributed by atoms with Crippen molar-refractivity contribution in [1.29, 1.82) is 0 Å². The lowest BCUT2D eigenvalue weighted by atomic mass is 10.3. The monoisotopic (exact) mass is 391 g/mol. The van der Waals surface area contributed by atoms with Crippen molar-refractivity contribution in [2.24, 2.45) is 0 Å². The van der Waals surface area contributed by atoms with Gasteiger partial charge in [0.25, 0.3) is 0 Å². The standard InChI is InChI=1S/C14H13BrCl2FN3/c1-2-5-19-13-10(16)7-11(17)14(21-13)20-8-3-4-9(15)12(18)6-8/h3-4,6-7H,2,5H2,1H3,(H2,19,20,21). The van der Waals surface area contributed by atoms with E-state index in [0.29, 0.717) is 31.8 Å². The summed E-state index contributed by atoms with van der Waals surface area (Å²) in [6, 6.07) is 6.29. The Morgan fingerprint density at radius 1 is 1.19 bits per heavy atom. The first-order valence-electron chi connectivity index (χ1n) is 6.33. The Hall–Kier alpha value is -1.04. The molecule has 7 heteroatoms. The molecule has 0 radical (unpaired) electrons. The van der Waals surface area contributed by atoms with E-state index in [1.807, 2.05) is 6.92 Å². The molecule has 21 heavy (non-hydrogen) atoms. The van der Waals surface area contributed by atoms with Crippen molar-refractivity contribution in [3.63, 3.8) is 0 Å². The minimum atomic E-state index is -0.366. The minimum Gasteiger partial charge on any atom is -0.369 e. The second-order valence-electron chi connectivity index (χ2n) is 4.33. The molecule has 0 aliphatic carbocycles. The smallest absolute Gasteiger partial charge is 0.151 e. The second-order valence-corrected chi connectivity index (χ2v) is 6.00. The van der Waals surface area contributed by atoms with Gasteiger partial charge < -0.3 is 10.6 Å². The first kappa shape index (κ1) is 16.3. The Kier molecular flexibility index (Phi) is 5.67. The third-order valence-corrected chi connectivity index (χ3v) is 3.87. The zero-order chi connectivity index (χ0) is 15.4. The van der Waals surface area contributed by atoms with Crippen LogP contribution in [0.25, 0.3) is 0 Å². The van der Waals surface area contributed by atoms with E-state index in [4.69, 9.17) is 23.2 Å². The molecule has 0 spiro atoms. The van der Waals surface area contributed by atoms with Gasteiger partial charge in [0, 0.05) is 12.2 Å². The van der Waals surface area contributed by atoms with E-state index in [1.165, 1.54) is 6.07 Å². The molecule has 2 rings (SSSR count). The third kappa shape index (κ3) is 4.22. The first-order chi connectivity index (χ1) is 10.0. The SMILES string of the molecule is CCCNc1nc(Nc2ccc(Br)c(F)c2)c(Cl)cc1Cl. The van der Waals surface area contributed by atoms with Crippen molar-refractivity contribution in [3.05, 3.63) is 44.6 Å². The fourth-order valence-electron chi connectivity index (χ4n) is 1.63. The molecule has 2 N–H and O–H groups in total. The summed E-state index contributed by atoms with van der Waals surface area (Å²) in [7, 11) is 0. The highest BCUT2D eigenvalue weighted by atomic mass is 79.9. The lowest BCUT2D eigenvalue weighted by Crippen LogP contribution is -2.05. The van der Waals surface area contributed by atoms with Crippen LogP contribution in [-0.2, 0) is 0 Å². The number of nitrogens with zero attached hydrogens (tertiary/aromatic N) is 1. The number of halogens is 4. The van der Waals surface area contributed by atoms with Gasteiger partial charge in [-0.15, -0.1) is 0 Å². The maximum Gasteiger partial charge on any atom is 0.151 e. The van der Waals surface area contributed by atoms with Crippen LogP contribution in [0.4, 0.5) is 21.7 Å². The molecule has 0 fully saturated rings. The first-order valence-corrected chi connectivity index (χ1v) is 7.88. The van der Waals surface area contributed by atoms with Crippen LogP contribution in [-0.4, -0.2) is 11.5 Å². The molecule has 0 bridgehead atoms. The Labute approximate surface area is 141 Å². The summed E-state index contributed by atoms with van der Waals surface area (Å²) < 4.78 is 13.9. The average molecular weight is 393 g/mol. The molecule has 112 valence electrons. The van der Waals surface area contributed by atoms with Gasteiger partial charge >= 0.3 is 0 Å². The zero-order valence-electron chi connectivity index (χ0n) is 11.2. The van der Waals surface area contributed by atoms with E-state index in [-0.39, 0.29) is 5.82 Å². The van der Waals surface area contributed by atoms with Crippen molar-refractivity contribution in [3.8, 4) is 0 Å². The predicted molar refractivity (Wildman–Crippen MR) is 90.4 cm³/mol. The second kappa shape index (κ2) is 7.29. The van der Waals surface area contributed by atoms with Crippen molar-refractivity contribution < 1.29 is 4.39 Å². The quantitative estimate of drug-likeness (QED) is 0.669. The number of anilines is 3. The number of hydrogen-bond acceptors (Lipinski definition) is 3. The van der Waals surface area contributed by atoms with Gasteiger partial charge in [-0.05, 0) is 46.6 Å². The summed E-state index contributed by atoms with van der Waals surface area (Å²) in [5, 5.41) is 6.91. The Bertz CT molecular complexity index is 652. The lowest BCUT2D eigenvalue weighted by molar-refractivity contribution is 0.622. The van der Waals surface area contributed by atoms with Crippen LogP contribution in [0.5, 0.6) is 0 Å². The summed E-state index contributed by atoms with van der Waals surface area (Å²) in [5.41, 5.74) is 0.550. The molecule has 0 saturated heterocycles. The van der Waals surface area contributed by atoms with E-state index >= 15 is 0 Å². The number of hydrogen-bond donors (Lipinski definition) is 2. The Morgan fingerprint density at radius 3 is 2.57 bits per heavy atom. The molecule has 0 aliphatic heterocycles. The Balaban J connectivity index is 2.28. The number of pyridine rings is 1. The molecule has 1 aromatic carbocycles. The van der Waals surface area contributed by atoms with Crippen LogP contribution in [0.1, 0.15) is 13.3 Å². The molecule has 0 aliphatic rings. The van der Waals surface area contributed by atoms with Crippen molar-refractivity contribution in [2.45, 2.75) is 13.3 Å². The highest BCUT2D eigenvalue weighted by Crippen LogP contribution is 2.31. The number of aromatic nitrogens is 1. The molecule has 1 aromatic heterocycles. The molecular weight excluding hydrogens is 380 g/mol. The van der Waals surface area contributed by atoms with Crippen LogP contribution in [0.3, 0.4) is 0 Å². The van der Waals surface area contributed by atoms with Crippen LogP contribution in [0, 0.1) is 5.82 Å². The van der Waals surface area contributed by atoms with Gasteiger partial charge in [0.2, 0.25) is 0 Å². The molecule has 0 saturated carbocycles. The van der Waals surface area contributed by atoms with Gasteiger partial charge in [0.15, 0.2) is 5.82 Å². The summed E-state index contributed by atoms with van der Waals surface area (Å²) in [6.45, 7) is 2.79. The number of nitrogens with one attached hydrogen (secondary N) is 2. The fraction of sp³-hybridized carbons (Fsp3) is 0.214. The molecule has 0 amide bonds. The van der Waals surface area contributed by atoms with E-state index in [0.717, 1.165) is 13.0 Å². The number of benzene rings is 1. The van der Waals surface area contributed by atoms with Gasteiger partial charge in [0.05, 0.1) is 14.5 Å². The highest BCUT2D eigenvalue weighted by molar-refractivity contribution is 9.10. The fourth-order valence-corrected chi connectivity index (χ4v) is 2.35. The molecule has 0 unspecified atom stereocenters. The van der Waals surface area contributed by atoms with Gasteiger partial charge in [-0.2, -0.15) is 0 Å². The summed E-state index contributed by atoms with van der Waals surface area (Å²) in [6.07, 6.45) is 0.946. The topological polar surface area (TPSA) is 37.0 Å². The van der Waals surface area contributed by atoms with Gasteiger partial charge in [-0.1, -0.05) is 30.1 Å². The van der Waals surface area contributed by atoms with Crippen LogP contribution in [0.2, 0.25) is 10.0 Å². The van der Waals surface area contributed by atoms with Gasteiger partial charge in [-0.3, -0.25) is 0 Å². The molecule has 1 heterocycles. The zero-order valence-corrected chi connectivity index (χ0v) is 14.3. The molecular formula is C14H13BrCl2FN3. The van der Waals surface area contributed by atoms with Crippen molar-refractivity contribution in [2.75, 3.05) is 17.2 Å². The largest absolute Gasteiger partial charge is 0.369 e. The predicted octanol–water partition coefficient (Wildman–Crippen LogP) is 5.86. The number of rotatable bonds is 5. The average Bonchev–Trinajstić information content (AvgIpc) is 2.44. The van der Waals surface area contributed by atoms with Crippen molar-refractivity contribution in [1.82, 2.24) is 4.98 Å². The van der Waals surface area contributed by atoms with Gasteiger partial charge in [-0.25, -0.2) is 9.37 Å². The van der Waals surface area contributed by atoms with Crippen LogP contribution in [0.15, 0.2) is 28.7 Å².